The fourth-order valence-corrected chi connectivity index (χ4v) is 2.89. The monoisotopic (exact) mass is 546 g/mol. The highest BCUT2D eigenvalue weighted by atomic mass is 32.1. The second-order valence-corrected chi connectivity index (χ2v) is 8.56. The Kier molecular flexibility index (Phi) is 20.7. The Morgan fingerprint density at radius 2 is 0.833 bits per heavy atom. The van der Waals surface area contributed by atoms with E-state index in [9.17, 15) is 10.2 Å². The Labute approximate surface area is 225 Å². The number of hydrogen-bond acceptors (Lipinski definition) is 10. The SMILES string of the molecule is CCC(O)C(O)CC.OC(COc1ccccc1)[C@H](O)COc1ccccc1.OC(CS)C(O)CS. The summed E-state index contributed by atoms with van der Waals surface area (Å²) in [4.78, 5) is 0. The Hall–Kier alpha value is -1.50. The zero-order chi connectivity index (χ0) is 27.3. The first-order chi connectivity index (χ1) is 17.2. The predicted molar refractivity (Wildman–Crippen MR) is 148 cm³/mol. The number of aliphatic hydroxyl groups is 6. The number of para-hydroxylation sites is 2. The molecule has 0 fully saturated rings. The number of benzene rings is 2. The Morgan fingerprint density at radius 1 is 0.528 bits per heavy atom. The van der Waals surface area contributed by atoms with Gasteiger partial charge in [-0.3, -0.25) is 0 Å². The summed E-state index contributed by atoms with van der Waals surface area (Å²) in [5, 5.41) is 54.9. The van der Waals surface area contributed by atoms with Crippen molar-refractivity contribution in [3.8, 4) is 11.5 Å². The second kappa shape index (κ2) is 21.6. The van der Waals surface area contributed by atoms with Gasteiger partial charge in [-0.25, -0.2) is 0 Å². The predicted octanol–water partition coefficient (Wildman–Crippen LogP) is 1.96. The van der Waals surface area contributed by atoms with Crippen molar-refractivity contribution in [2.75, 3.05) is 24.7 Å². The van der Waals surface area contributed by atoms with E-state index in [1.165, 1.54) is 0 Å². The maximum Gasteiger partial charge on any atom is 0.119 e. The van der Waals surface area contributed by atoms with Crippen LogP contribution in [0.5, 0.6) is 11.5 Å². The summed E-state index contributed by atoms with van der Waals surface area (Å²) in [5.41, 5.74) is 0. The first kappa shape index (κ1) is 34.5. The maximum atomic E-state index is 9.80. The molecule has 8 nitrogen and oxygen atoms in total. The fourth-order valence-electron chi connectivity index (χ4n) is 2.41. The molecule has 10 heteroatoms. The Balaban J connectivity index is 0.000000634. The van der Waals surface area contributed by atoms with Gasteiger partial charge in [0.2, 0.25) is 0 Å². The van der Waals surface area contributed by atoms with Crippen LogP contribution in [0.15, 0.2) is 60.7 Å². The highest BCUT2D eigenvalue weighted by Crippen LogP contribution is 2.11. The molecule has 206 valence electrons. The number of rotatable bonds is 13. The van der Waals surface area contributed by atoms with Crippen molar-refractivity contribution < 1.29 is 40.1 Å². The summed E-state index contributed by atoms with van der Waals surface area (Å²) in [6, 6.07) is 18.3. The molecule has 5 unspecified atom stereocenters. The summed E-state index contributed by atoms with van der Waals surface area (Å²) in [7, 11) is 0. The van der Waals surface area contributed by atoms with E-state index >= 15 is 0 Å². The van der Waals surface area contributed by atoms with E-state index in [2.05, 4.69) is 25.3 Å². The van der Waals surface area contributed by atoms with Crippen molar-refractivity contribution in [2.45, 2.75) is 63.3 Å². The molecule has 36 heavy (non-hydrogen) atoms. The molecule has 0 radical (unpaired) electrons. The van der Waals surface area contributed by atoms with Gasteiger partial charge in [-0.1, -0.05) is 50.2 Å². The number of ether oxygens (including phenoxy) is 2. The molecule has 0 saturated heterocycles. The molecule has 6 atom stereocenters. The van der Waals surface area contributed by atoms with Gasteiger partial charge < -0.3 is 40.1 Å². The number of aliphatic hydroxyl groups excluding tert-OH is 6. The van der Waals surface area contributed by atoms with Crippen LogP contribution in [-0.4, -0.2) is 92.0 Å². The summed E-state index contributed by atoms with van der Waals surface area (Å²) in [6.07, 6.45) is -3.27. The van der Waals surface area contributed by atoms with Crippen molar-refractivity contribution >= 4 is 25.3 Å². The lowest BCUT2D eigenvalue weighted by atomic mass is 10.1. The van der Waals surface area contributed by atoms with E-state index in [1.807, 2.05) is 50.2 Å². The van der Waals surface area contributed by atoms with Crippen LogP contribution in [0.4, 0.5) is 0 Å². The molecule has 0 aliphatic rings. The van der Waals surface area contributed by atoms with Gasteiger partial charge in [0.25, 0.3) is 0 Å². The highest BCUT2D eigenvalue weighted by molar-refractivity contribution is 7.80. The topological polar surface area (TPSA) is 140 Å². The van der Waals surface area contributed by atoms with E-state index in [-0.39, 0.29) is 24.7 Å². The molecule has 0 aliphatic heterocycles. The standard InChI is InChI=1S/C16H18O4.C6H14O2.C4H10O2S2/c17-15(11-19-13-7-3-1-4-8-13)16(18)12-20-14-9-5-2-6-10-14;1-3-5(7)6(8)4-2;5-3(1-7)4(6)2-8/h1-10,15-18H,11-12H2;5-8H,3-4H2,1-2H3;3-8H,1-2H2/t15-,16?;;/m1../s1. The largest absolute Gasteiger partial charge is 0.491 e. The van der Waals surface area contributed by atoms with Crippen LogP contribution in [0.2, 0.25) is 0 Å². The minimum Gasteiger partial charge on any atom is -0.491 e. The molecule has 0 aromatic heterocycles. The lowest BCUT2D eigenvalue weighted by molar-refractivity contribution is -0.0288. The Bertz CT molecular complexity index is 662. The first-order valence-electron chi connectivity index (χ1n) is 11.9. The van der Waals surface area contributed by atoms with Crippen LogP contribution in [0.3, 0.4) is 0 Å². The minimum absolute atomic E-state index is 0.0172. The summed E-state index contributed by atoms with van der Waals surface area (Å²) >= 11 is 7.53. The molecule has 2 aromatic rings. The molecule has 0 heterocycles. The summed E-state index contributed by atoms with van der Waals surface area (Å²) in [6.45, 7) is 3.74. The lowest BCUT2D eigenvalue weighted by Crippen LogP contribution is -2.36. The summed E-state index contributed by atoms with van der Waals surface area (Å²) < 4.78 is 10.8. The first-order valence-corrected chi connectivity index (χ1v) is 13.1. The molecular weight excluding hydrogens is 504 g/mol. The van der Waals surface area contributed by atoms with Crippen LogP contribution < -0.4 is 9.47 Å². The normalized spacial score (nSPS) is 15.5. The van der Waals surface area contributed by atoms with Crippen molar-refractivity contribution in [3.05, 3.63) is 60.7 Å². The van der Waals surface area contributed by atoms with Gasteiger partial charge >= 0.3 is 0 Å². The van der Waals surface area contributed by atoms with Gasteiger partial charge in [-0.2, -0.15) is 25.3 Å². The molecule has 6 N–H and O–H groups in total. The molecule has 2 aromatic carbocycles. The minimum atomic E-state index is -1.00. The third-order valence-corrected chi connectivity index (χ3v) is 5.62. The van der Waals surface area contributed by atoms with Crippen LogP contribution in [-0.2, 0) is 0 Å². The average Bonchev–Trinajstić information content (AvgIpc) is 2.94. The van der Waals surface area contributed by atoms with Gasteiger partial charge in [0, 0.05) is 11.5 Å². The zero-order valence-electron chi connectivity index (χ0n) is 20.9. The second-order valence-electron chi connectivity index (χ2n) is 7.83. The fraction of sp³-hybridized carbons (Fsp3) is 0.538. The van der Waals surface area contributed by atoms with Gasteiger partial charge in [0.1, 0.15) is 36.9 Å². The molecule has 2 rings (SSSR count). The Morgan fingerprint density at radius 3 is 1.08 bits per heavy atom. The van der Waals surface area contributed by atoms with Gasteiger partial charge in [-0.05, 0) is 37.1 Å². The van der Waals surface area contributed by atoms with Crippen molar-refractivity contribution in [1.29, 1.82) is 0 Å². The van der Waals surface area contributed by atoms with Gasteiger partial charge in [0.15, 0.2) is 0 Å². The maximum absolute atomic E-state index is 9.80. The molecular formula is C26H42O8S2. The van der Waals surface area contributed by atoms with Crippen molar-refractivity contribution in [2.24, 2.45) is 0 Å². The summed E-state index contributed by atoms with van der Waals surface area (Å²) in [5.74, 6) is 1.87. The third-order valence-electron chi connectivity index (χ3n) is 4.87. The smallest absolute Gasteiger partial charge is 0.119 e. The van der Waals surface area contributed by atoms with Crippen LogP contribution >= 0.6 is 25.3 Å². The molecule has 0 amide bonds. The number of thiol groups is 2. The van der Waals surface area contributed by atoms with E-state index in [4.69, 9.17) is 29.9 Å². The molecule has 0 spiro atoms. The van der Waals surface area contributed by atoms with Crippen molar-refractivity contribution in [1.82, 2.24) is 0 Å². The van der Waals surface area contributed by atoms with Crippen molar-refractivity contribution in [3.63, 3.8) is 0 Å². The lowest BCUT2D eigenvalue weighted by Gasteiger charge is -2.18. The quantitative estimate of drug-likeness (QED) is 0.178. The van der Waals surface area contributed by atoms with E-state index in [0.29, 0.717) is 24.3 Å². The van der Waals surface area contributed by atoms with E-state index in [0.717, 1.165) is 0 Å². The average molecular weight is 547 g/mol. The molecule has 0 saturated carbocycles. The van der Waals surface area contributed by atoms with Gasteiger partial charge in [0.05, 0.1) is 24.4 Å². The van der Waals surface area contributed by atoms with E-state index in [1.54, 1.807) is 24.3 Å². The van der Waals surface area contributed by atoms with Crippen LogP contribution in [0, 0.1) is 0 Å². The third kappa shape index (κ3) is 16.3. The molecule has 0 aliphatic carbocycles. The number of hydrogen-bond donors (Lipinski definition) is 8. The van der Waals surface area contributed by atoms with Crippen LogP contribution in [0.25, 0.3) is 0 Å². The highest BCUT2D eigenvalue weighted by Gasteiger charge is 2.18. The molecule has 0 bridgehead atoms. The van der Waals surface area contributed by atoms with Gasteiger partial charge in [-0.15, -0.1) is 0 Å². The zero-order valence-corrected chi connectivity index (χ0v) is 22.7. The van der Waals surface area contributed by atoms with E-state index < -0.39 is 36.6 Å². The van der Waals surface area contributed by atoms with Crippen LogP contribution in [0.1, 0.15) is 26.7 Å².